The maximum Gasteiger partial charge on any atom is 0.171 e. The van der Waals surface area contributed by atoms with Gasteiger partial charge in [0.05, 0.1) is 13.2 Å². The van der Waals surface area contributed by atoms with E-state index < -0.39 is 0 Å². The molecule has 3 rings (SSSR count). The zero-order chi connectivity index (χ0) is 12.3. The van der Waals surface area contributed by atoms with Gasteiger partial charge in [0, 0.05) is 12.3 Å². The number of hydrogen-bond acceptors (Lipinski definition) is 2. The lowest BCUT2D eigenvalue weighted by atomic mass is 9.51. The van der Waals surface area contributed by atoms with Crippen molar-refractivity contribution >= 4 is 0 Å². The largest absolute Gasteiger partial charge is 0.347 e. The van der Waals surface area contributed by atoms with Gasteiger partial charge in [0.25, 0.3) is 0 Å². The van der Waals surface area contributed by atoms with Crippen molar-refractivity contribution in [1.82, 2.24) is 0 Å². The highest BCUT2D eigenvalue weighted by Crippen LogP contribution is 2.68. The van der Waals surface area contributed by atoms with Gasteiger partial charge in [-0.05, 0) is 36.0 Å². The van der Waals surface area contributed by atoms with Crippen LogP contribution < -0.4 is 0 Å². The highest BCUT2D eigenvalue weighted by molar-refractivity contribution is 5.10. The van der Waals surface area contributed by atoms with Crippen LogP contribution in [0.3, 0.4) is 0 Å². The summed E-state index contributed by atoms with van der Waals surface area (Å²) in [6, 6.07) is 0. The van der Waals surface area contributed by atoms with Crippen molar-refractivity contribution in [2.24, 2.45) is 22.7 Å². The van der Waals surface area contributed by atoms with Crippen LogP contribution in [-0.2, 0) is 9.47 Å². The third kappa shape index (κ3) is 1.29. The molecule has 0 aromatic heterocycles. The Kier molecular flexibility index (Phi) is 2.45. The summed E-state index contributed by atoms with van der Waals surface area (Å²) in [7, 11) is 0. The van der Waals surface area contributed by atoms with Crippen LogP contribution in [0.1, 0.15) is 53.4 Å². The third-order valence-electron chi connectivity index (χ3n) is 6.87. The van der Waals surface area contributed by atoms with Crippen LogP contribution in [-0.4, -0.2) is 19.0 Å². The molecule has 4 atom stereocenters. The molecule has 0 bridgehead atoms. The van der Waals surface area contributed by atoms with E-state index in [-0.39, 0.29) is 5.79 Å². The molecule has 0 aromatic rings. The molecule has 17 heavy (non-hydrogen) atoms. The zero-order valence-electron chi connectivity index (χ0n) is 11.7. The molecule has 0 unspecified atom stereocenters. The van der Waals surface area contributed by atoms with Crippen LogP contribution in [0.15, 0.2) is 0 Å². The molecule has 2 aliphatic carbocycles. The quantitative estimate of drug-likeness (QED) is 0.642. The van der Waals surface area contributed by atoms with Crippen LogP contribution in [0, 0.1) is 22.7 Å². The fraction of sp³-hybridized carbons (Fsp3) is 1.00. The summed E-state index contributed by atoms with van der Waals surface area (Å²) in [6.07, 6.45) is 5.05. The van der Waals surface area contributed by atoms with Crippen molar-refractivity contribution in [3.63, 3.8) is 0 Å². The van der Waals surface area contributed by atoms with Gasteiger partial charge >= 0.3 is 0 Å². The molecular weight excluding hydrogens is 212 g/mol. The van der Waals surface area contributed by atoms with E-state index in [9.17, 15) is 0 Å². The second-order valence-corrected chi connectivity index (χ2v) is 7.01. The molecule has 1 heterocycles. The average molecular weight is 238 g/mol. The summed E-state index contributed by atoms with van der Waals surface area (Å²) in [5.41, 5.74) is 0.863. The lowest BCUT2D eigenvalue weighted by Crippen LogP contribution is -2.56. The van der Waals surface area contributed by atoms with Crippen molar-refractivity contribution < 1.29 is 9.47 Å². The second kappa shape index (κ2) is 3.48. The van der Waals surface area contributed by atoms with E-state index in [2.05, 4.69) is 27.7 Å². The highest BCUT2D eigenvalue weighted by Gasteiger charge is 2.64. The Hall–Kier alpha value is -0.0800. The van der Waals surface area contributed by atoms with E-state index in [1.54, 1.807) is 0 Å². The molecule has 3 aliphatic rings. The summed E-state index contributed by atoms with van der Waals surface area (Å²) in [5.74, 6) is 1.10. The fourth-order valence-corrected chi connectivity index (χ4v) is 4.93. The molecule has 3 fully saturated rings. The monoisotopic (exact) mass is 238 g/mol. The SMILES string of the molecule is C[C@@H]1CC[C@@]2(C)[C@H](C)C3(CC[C@@]12C)OCCO3. The standard InChI is InChI=1S/C15H26O2/c1-11-5-6-14(4)12(2)15(16-9-10-17-15)8-7-13(11,14)3/h11-12H,5-10H2,1-4H3/t11-,12+,13+,14+/m1/s1. The van der Waals surface area contributed by atoms with Crippen LogP contribution in [0.25, 0.3) is 0 Å². The maximum atomic E-state index is 6.03. The average Bonchev–Trinajstić information content (AvgIpc) is 2.87. The third-order valence-corrected chi connectivity index (χ3v) is 6.87. The van der Waals surface area contributed by atoms with Gasteiger partial charge < -0.3 is 9.47 Å². The molecule has 0 amide bonds. The topological polar surface area (TPSA) is 18.5 Å². The molecule has 0 N–H and O–H groups in total. The number of rotatable bonds is 0. The summed E-state index contributed by atoms with van der Waals surface area (Å²) in [6.45, 7) is 11.3. The van der Waals surface area contributed by atoms with Gasteiger partial charge in [-0.25, -0.2) is 0 Å². The van der Waals surface area contributed by atoms with Gasteiger partial charge in [-0.2, -0.15) is 0 Å². The van der Waals surface area contributed by atoms with Crippen LogP contribution in [0.4, 0.5) is 0 Å². The summed E-state index contributed by atoms with van der Waals surface area (Å²) < 4.78 is 12.1. The Morgan fingerprint density at radius 2 is 1.53 bits per heavy atom. The van der Waals surface area contributed by atoms with E-state index in [4.69, 9.17) is 9.47 Å². The van der Waals surface area contributed by atoms with E-state index in [0.29, 0.717) is 16.7 Å². The molecule has 1 aliphatic heterocycles. The molecule has 0 aromatic carbocycles. The molecule has 2 saturated carbocycles. The first-order valence-corrected chi connectivity index (χ1v) is 7.23. The maximum absolute atomic E-state index is 6.03. The van der Waals surface area contributed by atoms with Gasteiger partial charge in [0.1, 0.15) is 0 Å². The number of fused-ring (bicyclic) bond motifs is 1. The first kappa shape index (κ1) is 12.0. The molecule has 0 radical (unpaired) electrons. The van der Waals surface area contributed by atoms with E-state index in [1.165, 1.54) is 19.3 Å². The molecule has 98 valence electrons. The van der Waals surface area contributed by atoms with Crippen LogP contribution in [0.5, 0.6) is 0 Å². The Morgan fingerprint density at radius 1 is 0.882 bits per heavy atom. The fourth-order valence-electron chi connectivity index (χ4n) is 4.93. The molecular formula is C15H26O2. The Morgan fingerprint density at radius 3 is 2.18 bits per heavy atom. The first-order chi connectivity index (χ1) is 7.95. The van der Waals surface area contributed by atoms with Crippen LogP contribution >= 0.6 is 0 Å². The normalized spacial score (nSPS) is 52.9. The van der Waals surface area contributed by atoms with E-state index in [1.807, 2.05) is 0 Å². The minimum absolute atomic E-state index is 0.252. The predicted octanol–water partition coefficient (Wildman–Crippen LogP) is 3.60. The zero-order valence-corrected chi connectivity index (χ0v) is 11.7. The predicted molar refractivity (Wildman–Crippen MR) is 67.6 cm³/mol. The number of hydrogen-bond donors (Lipinski definition) is 0. The van der Waals surface area contributed by atoms with Crippen molar-refractivity contribution in [3.8, 4) is 0 Å². The van der Waals surface area contributed by atoms with Crippen molar-refractivity contribution in [2.45, 2.75) is 59.2 Å². The molecule has 2 heteroatoms. The van der Waals surface area contributed by atoms with E-state index in [0.717, 1.165) is 25.6 Å². The molecule has 1 spiro atoms. The summed E-state index contributed by atoms with van der Waals surface area (Å²) in [5, 5.41) is 0. The summed E-state index contributed by atoms with van der Waals surface area (Å²) >= 11 is 0. The lowest BCUT2D eigenvalue weighted by Gasteiger charge is -2.57. The Balaban J connectivity index is 1.97. The van der Waals surface area contributed by atoms with Crippen molar-refractivity contribution in [2.75, 3.05) is 13.2 Å². The number of ether oxygens (including phenoxy) is 2. The second-order valence-electron chi connectivity index (χ2n) is 7.01. The summed E-state index contributed by atoms with van der Waals surface area (Å²) in [4.78, 5) is 0. The lowest BCUT2D eigenvalue weighted by molar-refractivity contribution is -0.263. The van der Waals surface area contributed by atoms with Crippen molar-refractivity contribution in [3.05, 3.63) is 0 Å². The molecule has 1 saturated heterocycles. The highest BCUT2D eigenvalue weighted by atomic mass is 16.7. The van der Waals surface area contributed by atoms with E-state index >= 15 is 0 Å². The minimum Gasteiger partial charge on any atom is -0.347 e. The van der Waals surface area contributed by atoms with Crippen LogP contribution in [0.2, 0.25) is 0 Å². The van der Waals surface area contributed by atoms with Gasteiger partial charge in [-0.3, -0.25) is 0 Å². The van der Waals surface area contributed by atoms with Gasteiger partial charge in [-0.1, -0.05) is 27.7 Å². The Labute approximate surface area is 105 Å². The van der Waals surface area contributed by atoms with Gasteiger partial charge in [0.2, 0.25) is 0 Å². The minimum atomic E-state index is -0.252. The van der Waals surface area contributed by atoms with Gasteiger partial charge in [0.15, 0.2) is 5.79 Å². The first-order valence-electron chi connectivity index (χ1n) is 7.23. The molecule has 2 nitrogen and oxygen atoms in total. The Bertz CT molecular complexity index is 321. The smallest absolute Gasteiger partial charge is 0.171 e. The van der Waals surface area contributed by atoms with Crippen molar-refractivity contribution in [1.29, 1.82) is 0 Å². The van der Waals surface area contributed by atoms with Gasteiger partial charge in [-0.15, -0.1) is 0 Å².